The highest BCUT2D eigenvalue weighted by Gasteiger charge is 1.95. The van der Waals surface area contributed by atoms with Crippen molar-refractivity contribution in [3.05, 3.63) is 23.3 Å². The Morgan fingerprint density at radius 3 is 2.86 bits per heavy atom. The van der Waals surface area contributed by atoms with Gasteiger partial charge in [-0.25, -0.2) is 0 Å². The molecule has 0 aromatic carbocycles. The van der Waals surface area contributed by atoms with Crippen LogP contribution in [0.2, 0.25) is 0 Å². The van der Waals surface area contributed by atoms with Crippen LogP contribution in [0.3, 0.4) is 0 Å². The molecule has 1 aliphatic rings. The standard InChI is InChI=1S/C5H5OS/c6-5-3-1-2-4-7-5/h1-3H,4H2. The van der Waals surface area contributed by atoms with Crippen LogP contribution in [-0.4, -0.2) is 5.75 Å². The molecule has 0 aliphatic carbocycles. The normalized spacial score (nSPS) is 19.1. The molecule has 1 heterocycles. The minimum absolute atomic E-state index is 0.169. The minimum Gasteiger partial charge on any atom is -0.282 e. The minimum atomic E-state index is 0.169. The monoisotopic (exact) mass is 113 g/mol. The molecule has 2 heteroatoms. The molecule has 0 saturated carbocycles. The average molecular weight is 113 g/mol. The van der Waals surface area contributed by atoms with Crippen LogP contribution in [0, 0.1) is 0 Å². The predicted octanol–water partition coefficient (Wildman–Crippen LogP) is 1.56. The molecule has 0 N–H and O–H groups in total. The fraction of sp³-hybridized carbons (Fsp3) is 0.200. The Morgan fingerprint density at radius 1 is 1.71 bits per heavy atom. The molecule has 0 saturated heterocycles. The zero-order chi connectivity index (χ0) is 5.11. The quantitative estimate of drug-likeness (QED) is 0.466. The van der Waals surface area contributed by atoms with Crippen molar-refractivity contribution >= 4 is 11.8 Å². The van der Waals surface area contributed by atoms with Gasteiger partial charge in [-0.15, -0.1) is 0 Å². The van der Waals surface area contributed by atoms with E-state index in [1.807, 2.05) is 6.08 Å². The first kappa shape index (κ1) is 4.78. The molecule has 0 aromatic heterocycles. The topological polar surface area (TPSA) is 19.9 Å². The SMILES string of the molecule is [O]C1=CC=CCS1. The van der Waals surface area contributed by atoms with E-state index in [-0.39, 0.29) is 5.09 Å². The lowest BCUT2D eigenvalue weighted by Crippen LogP contribution is -1.77. The van der Waals surface area contributed by atoms with Crippen molar-refractivity contribution in [3.63, 3.8) is 0 Å². The van der Waals surface area contributed by atoms with E-state index in [1.54, 1.807) is 12.2 Å². The Kier molecular flexibility index (Phi) is 1.42. The van der Waals surface area contributed by atoms with Crippen LogP contribution < -0.4 is 0 Å². The van der Waals surface area contributed by atoms with Crippen molar-refractivity contribution in [2.24, 2.45) is 0 Å². The number of rotatable bonds is 0. The van der Waals surface area contributed by atoms with Crippen LogP contribution in [0.25, 0.3) is 0 Å². The summed E-state index contributed by atoms with van der Waals surface area (Å²) in [6, 6.07) is 0. The van der Waals surface area contributed by atoms with Crippen LogP contribution in [0.5, 0.6) is 0 Å². The summed E-state index contributed by atoms with van der Waals surface area (Å²) in [6.45, 7) is 0. The van der Waals surface area contributed by atoms with Crippen molar-refractivity contribution < 1.29 is 5.11 Å². The third-order valence-electron chi connectivity index (χ3n) is 0.690. The third kappa shape index (κ3) is 1.27. The maximum atomic E-state index is 10.3. The van der Waals surface area contributed by atoms with Gasteiger partial charge in [-0.1, -0.05) is 23.9 Å². The molecular formula is C5H5OS. The fourth-order valence-corrected chi connectivity index (χ4v) is 0.927. The van der Waals surface area contributed by atoms with Gasteiger partial charge in [0, 0.05) is 5.75 Å². The van der Waals surface area contributed by atoms with Crippen LogP contribution in [0.15, 0.2) is 23.3 Å². The second-order valence-electron chi connectivity index (χ2n) is 1.22. The van der Waals surface area contributed by atoms with Gasteiger partial charge in [0.05, 0.1) is 0 Å². The van der Waals surface area contributed by atoms with Crippen molar-refractivity contribution in [2.45, 2.75) is 0 Å². The molecule has 0 aromatic rings. The van der Waals surface area contributed by atoms with Crippen LogP contribution in [0.1, 0.15) is 0 Å². The molecule has 0 spiro atoms. The Hall–Kier alpha value is -0.370. The van der Waals surface area contributed by atoms with Gasteiger partial charge in [0.25, 0.3) is 0 Å². The summed E-state index contributed by atoms with van der Waals surface area (Å²) in [5.41, 5.74) is 0. The van der Waals surface area contributed by atoms with E-state index in [1.165, 1.54) is 11.8 Å². The molecule has 0 unspecified atom stereocenters. The summed E-state index contributed by atoms with van der Waals surface area (Å²) in [6.07, 6.45) is 5.33. The summed E-state index contributed by atoms with van der Waals surface area (Å²) in [4.78, 5) is 0. The third-order valence-corrected chi connectivity index (χ3v) is 1.47. The summed E-state index contributed by atoms with van der Waals surface area (Å²) >= 11 is 1.34. The zero-order valence-corrected chi connectivity index (χ0v) is 4.57. The molecular weight excluding hydrogens is 108 g/mol. The van der Waals surface area contributed by atoms with Crippen molar-refractivity contribution in [2.75, 3.05) is 5.75 Å². The van der Waals surface area contributed by atoms with Crippen molar-refractivity contribution in [3.8, 4) is 0 Å². The molecule has 0 fully saturated rings. The van der Waals surface area contributed by atoms with E-state index in [9.17, 15) is 5.11 Å². The Labute approximate surface area is 46.7 Å². The highest BCUT2D eigenvalue weighted by molar-refractivity contribution is 8.03. The number of thioether (sulfide) groups is 1. The predicted molar refractivity (Wildman–Crippen MR) is 30.4 cm³/mol. The number of hydrogen-bond acceptors (Lipinski definition) is 1. The molecule has 0 atom stereocenters. The first-order valence-electron chi connectivity index (χ1n) is 2.06. The molecule has 1 radical (unpaired) electrons. The van der Waals surface area contributed by atoms with Gasteiger partial charge in [-0.3, -0.25) is 5.11 Å². The van der Waals surface area contributed by atoms with E-state index in [0.717, 1.165) is 5.75 Å². The van der Waals surface area contributed by atoms with Crippen LogP contribution in [0.4, 0.5) is 0 Å². The highest BCUT2D eigenvalue weighted by atomic mass is 32.2. The Bertz CT molecular complexity index is 115. The fourth-order valence-electron chi connectivity index (χ4n) is 0.381. The van der Waals surface area contributed by atoms with E-state index in [2.05, 4.69) is 0 Å². The van der Waals surface area contributed by atoms with Gasteiger partial charge in [0.2, 0.25) is 5.09 Å². The average Bonchev–Trinajstić information content (AvgIpc) is 1.69. The second kappa shape index (κ2) is 2.07. The first-order valence-corrected chi connectivity index (χ1v) is 3.05. The molecule has 37 valence electrons. The summed E-state index contributed by atoms with van der Waals surface area (Å²) in [5, 5.41) is 10.5. The van der Waals surface area contributed by atoms with Crippen molar-refractivity contribution in [1.82, 2.24) is 0 Å². The molecule has 1 nitrogen and oxygen atoms in total. The van der Waals surface area contributed by atoms with Crippen molar-refractivity contribution in [1.29, 1.82) is 0 Å². The van der Waals surface area contributed by atoms with Crippen LogP contribution >= 0.6 is 11.8 Å². The van der Waals surface area contributed by atoms with Crippen LogP contribution in [-0.2, 0) is 5.11 Å². The molecule has 0 bridgehead atoms. The van der Waals surface area contributed by atoms with E-state index in [4.69, 9.17) is 0 Å². The number of hydrogen-bond donors (Lipinski definition) is 0. The van der Waals surface area contributed by atoms with Gasteiger partial charge in [0.15, 0.2) is 0 Å². The molecule has 0 amide bonds. The van der Waals surface area contributed by atoms with E-state index >= 15 is 0 Å². The van der Waals surface area contributed by atoms with Gasteiger partial charge in [0.1, 0.15) is 0 Å². The van der Waals surface area contributed by atoms with Gasteiger partial charge < -0.3 is 0 Å². The Balaban J connectivity index is 2.57. The maximum absolute atomic E-state index is 10.3. The Morgan fingerprint density at radius 2 is 2.57 bits per heavy atom. The summed E-state index contributed by atoms with van der Waals surface area (Å²) < 4.78 is 0. The maximum Gasteiger partial charge on any atom is 0.212 e. The smallest absolute Gasteiger partial charge is 0.212 e. The number of allylic oxidation sites excluding steroid dienone is 2. The van der Waals surface area contributed by atoms with Gasteiger partial charge >= 0.3 is 0 Å². The molecule has 1 aliphatic heterocycles. The summed E-state index contributed by atoms with van der Waals surface area (Å²) in [5.74, 6) is 0.843. The molecule has 7 heavy (non-hydrogen) atoms. The lowest BCUT2D eigenvalue weighted by Gasteiger charge is -1.93. The lowest BCUT2D eigenvalue weighted by molar-refractivity contribution is 0.336. The summed E-state index contributed by atoms with van der Waals surface area (Å²) in [7, 11) is 0. The second-order valence-corrected chi connectivity index (χ2v) is 2.25. The largest absolute Gasteiger partial charge is 0.282 e. The lowest BCUT2D eigenvalue weighted by atomic mass is 10.5. The first-order chi connectivity index (χ1) is 3.39. The zero-order valence-electron chi connectivity index (χ0n) is 3.76. The van der Waals surface area contributed by atoms with E-state index < -0.39 is 0 Å². The van der Waals surface area contributed by atoms with E-state index in [0.29, 0.717) is 0 Å². The highest BCUT2D eigenvalue weighted by Crippen LogP contribution is 2.15. The molecule has 1 rings (SSSR count). The van der Waals surface area contributed by atoms with Gasteiger partial charge in [-0.05, 0) is 6.08 Å². The van der Waals surface area contributed by atoms with Gasteiger partial charge in [-0.2, -0.15) is 0 Å².